The molecule has 6 rings (SSSR count). The summed E-state index contributed by atoms with van der Waals surface area (Å²) < 4.78 is 44.4. The van der Waals surface area contributed by atoms with Crippen molar-refractivity contribution in [1.82, 2.24) is 25.1 Å². The maximum atomic E-state index is 15.6. The van der Waals surface area contributed by atoms with E-state index in [0.29, 0.717) is 41.6 Å². The van der Waals surface area contributed by atoms with Crippen molar-refractivity contribution in [3.05, 3.63) is 94.9 Å². The van der Waals surface area contributed by atoms with Crippen LogP contribution < -0.4 is 10.1 Å². The van der Waals surface area contributed by atoms with Crippen LogP contribution in [0.25, 0.3) is 22.3 Å². The van der Waals surface area contributed by atoms with E-state index < -0.39 is 40.6 Å². The molecule has 50 heavy (non-hydrogen) atoms. The zero-order chi connectivity index (χ0) is 35.8. The second-order valence-corrected chi connectivity index (χ2v) is 14.0. The summed E-state index contributed by atoms with van der Waals surface area (Å²) in [5.41, 5.74) is 1.33. The minimum absolute atomic E-state index is 0.107. The number of rotatable bonds is 4. The molecular formula is C38H41F2N5O5. The summed E-state index contributed by atoms with van der Waals surface area (Å²) in [4.78, 5) is 32.6. The third-order valence-electron chi connectivity index (χ3n) is 9.57. The van der Waals surface area contributed by atoms with Crippen LogP contribution in [0.1, 0.15) is 75.9 Å². The first-order chi connectivity index (χ1) is 23.7. The number of amides is 1. The number of benzene rings is 3. The van der Waals surface area contributed by atoms with Crippen molar-refractivity contribution >= 4 is 23.0 Å². The van der Waals surface area contributed by atoms with Crippen molar-refractivity contribution in [2.75, 3.05) is 0 Å². The van der Waals surface area contributed by atoms with Crippen molar-refractivity contribution < 1.29 is 33.0 Å². The molecular weight excluding hydrogens is 644 g/mol. The van der Waals surface area contributed by atoms with Gasteiger partial charge in [-0.05, 0) is 75.4 Å². The van der Waals surface area contributed by atoms with Crippen molar-refractivity contribution in [3.63, 3.8) is 0 Å². The van der Waals surface area contributed by atoms with Crippen molar-refractivity contribution in [2.24, 2.45) is 13.0 Å². The van der Waals surface area contributed by atoms with Gasteiger partial charge < -0.3 is 24.9 Å². The lowest BCUT2D eigenvalue weighted by atomic mass is 9.76. The van der Waals surface area contributed by atoms with Gasteiger partial charge in [0.1, 0.15) is 18.2 Å². The average molecular weight is 686 g/mol. The highest BCUT2D eigenvalue weighted by Crippen LogP contribution is 2.40. The molecule has 0 aliphatic carbocycles. The smallest absolute Gasteiger partial charge is 0.407 e. The van der Waals surface area contributed by atoms with E-state index in [1.807, 2.05) is 45.0 Å². The number of H-pyrrole nitrogens is 1. The van der Waals surface area contributed by atoms with Crippen molar-refractivity contribution in [1.29, 1.82) is 0 Å². The number of carbonyl (C=O) groups excluding carboxylic acids is 1. The van der Waals surface area contributed by atoms with Crippen LogP contribution >= 0.6 is 0 Å². The molecule has 2 aromatic heterocycles. The Morgan fingerprint density at radius 1 is 1.06 bits per heavy atom. The maximum absolute atomic E-state index is 15.6. The second kappa shape index (κ2) is 13.6. The van der Waals surface area contributed by atoms with E-state index in [0.717, 1.165) is 24.0 Å². The highest BCUT2D eigenvalue weighted by Gasteiger charge is 2.35. The molecule has 1 aliphatic rings. The fourth-order valence-electron chi connectivity index (χ4n) is 6.61. The number of carbonyl (C=O) groups is 2. The van der Waals surface area contributed by atoms with Crippen LogP contribution in [0.15, 0.2) is 60.8 Å². The Hall–Kier alpha value is -5.26. The topological polar surface area (TPSA) is 131 Å². The van der Waals surface area contributed by atoms with Gasteiger partial charge in [0.25, 0.3) is 0 Å². The molecule has 3 heterocycles. The van der Waals surface area contributed by atoms with Crippen LogP contribution in [-0.4, -0.2) is 42.5 Å². The molecule has 1 aliphatic heterocycles. The molecule has 0 spiro atoms. The Balaban J connectivity index is 1.46. The van der Waals surface area contributed by atoms with E-state index in [9.17, 15) is 14.7 Å². The number of aromatic amines is 1. The number of hydrogen-bond donors (Lipinski definition) is 3. The van der Waals surface area contributed by atoms with Crippen molar-refractivity contribution in [3.8, 4) is 22.9 Å². The summed E-state index contributed by atoms with van der Waals surface area (Å²) >= 11 is 0. The van der Waals surface area contributed by atoms with Gasteiger partial charge in [0.05, 0.1) is 16.9 Å². The molecule has 0 fully saturated rings. The molecule has 0 saturated heterocycles. The molecule has 2 atom stereocenters. The first-order valence-corrected chi connectivity index (χ1v) is 16.7. The number of carboxylic acids is 1. The highest BCUT2D eigenvalue weighted by molar-refractivity contribution is 5.86. The van der Waals surface area contributed by atoms with E-state index in [1.54, 1.807) is 26.2 Å². The van der Waals surface area contributed by atoms with E-state index in [1.165, 1.54) is 28.9 Å². The van der Waals surface area contributed by atoms with Gasteiger partial charge in [-0.25, -0.2) is 23.2 Å². The van der Waals surface area contributed by atoms with Gasteiger partial charge in [-0.2, -0.15) is 5.10 Å². The predicted octanol–water partition coefficient (Wildman–Crippen LogP) is 8.18. The van der Waals surface area contributed by atoms with Crippen molar-refractivity contribution in [2.45, 2.75) is 77.4 Å². The Morgan fingerprint density at radius 3 is 2.62 bits per heavy atom. The largest absolute Gasteiger partial charge is 0.481 e. The number of nitrogens with zero attached hydrogens (tertiary/aromatic N) is 3. The number of alkyl carbamates (subject to hydrolysis) is 1. The first-order valence-electron chi connectivity index (χ1n) is 16.7. The molecule has 3 N–H and O–H groups in total. The molecule has 12 heteroatoms. The van der Waals surface area contributed by atoms with Gasteiger partial charge >= 0.3 is 12.1 Å². The summed E-state index contributed by atoms with van der Waals surface area (Å²) in [5.74, 6) is -1.98. The van der Waals surface area contributed by atoms with Gasteiger partial charge in [0, 0.05) is 41.3 Å². The molecule has 262 valence electrons. The minimum atomic E-state index is -0.873. The Kier molecular flexibility index (Phi) is 9.39. The summed E-state index contributed by atoms with van der Waals surface area (Å²) in [6.07, 6.45) is 4.07. The molecule has 0 saturated carbocycles. The highest BCUT2D eigenvalue weighted by atomic mass is 19.1. The fourth-order valence-corrected chi connectivity index (χ4v) is 6.61. The number of aromatic nitrogens is 4. The number of ether oxygens (including phenoxy) is 2. The quantitative estimate of drug-likeness (QED) is 0.174. The lowest BCUT2D eigenvalue weighted by Crippen LogP contribution is -2.43. The molecule has 3 aromatic carbocycles. The molecule has 0 radical (unpaired) electrons. The lowest BCUT2D eigenvalue weighted by Gasteiger charge is -2.30. The van der Waals surface area contributed by atoms with E-state index in [2.05, 4.69) is 10.3 Å². The van der Waals surface area contributed by atoms with Gasteiger partial charge in [-0.1, -0.05) is 44.0 Å². The minimum Gasteiger partial charge on any atom is -0.481 e. The summed E-state index contributed by atoms with van der Waals surface area (Å²) in [7, 11) is 1.69. The van der Waals surface area contributed by atoms with Gasteiger partial charge in [-0.3, -0.25) is 4.79 Å². The predicted molar refractivity (Wildman–Crippen MR) is 184 cm³/mol. The number of aliphatic carboxylic acids is 1. The molecule has 5 aromatic rings. The number of carboxylic acid groups (broad SMARTS) is 1. The number of halogens is 2. The third kappa shape index (κ3) is 7.05. The Bertz CT molecular complexity index is 2070. The fraction of sp³-hybridized carbons (Fsp3) is 0.368. The number of fused-ring (bicyclic) bond motifs is 8. The van der Waals surface area contributed by atoms with Crippen LogP contribution in [0.3, 0.4) is 0 Å². The normalized spacial score (nSPS) is 18.8. The number of cyclic esters (lactones) is 1. The molecule has 4 bridgehead atoms. The lowest BCUT2D eigenvalue weighted by molar-refractivity contribution is -0.141. The van der Waals surface area contributed by atoms with E-state index >= 15 is 8.78 Å². The number of aryl methyl sites for hydroxylation is 1. The SMILES string of the molecule is CC(Cc1cccc(C2(C)CCCCC(C)(C)NC(=O)OCc3c(c(F)cc4[nH]ccc34)Oc3ccc(F)c(c3)-c3nc2nn3C)c1)C(=O)O. The summed E-state index contributed by atoms with van der Waals surface area (Å²) in [6.45, 7) is 7.27. The Labute approximate surface area is 288 Å². The van der Waals surface area contributed by atoms with Gasteiger partial charge in [-0.15, -0.1) is 0 Å². The van der Waals surface area contributed by atoms with E-state index in [4.69, 9.17) is 19.6 Å². The summed E-state index contributed by atoms with van der Waals surface area (Å²) in [6, 6.07) is 14.9. The molecule has 1 amide bonds. The van der Waals surface area contributed by atoms with Crippen LogP contribution in [0.5, 0.6) is 11.5 Å². The van der Waals surface area contributed by atoms with Crippen LogP contribution in [0, 0.1) is 17.6 Å². The maximum Gasteiger partial charge on any atom is 0.407 e. The van der Waals surface area contributed by atoms with Crippen LogP contribution in [0.4, 0.5) is 13.6 Å². The second-order valence-electron chi connectivity index (χ2n) is 14.0. The zero-order valence-corrected chi connectivity index (χ0v) is 28.8. The first kappa shape index (κ1) is 34.6. The van der Waals surface area contributed by atoms with Crippen LogP contribution in [0.2, 0.25) is 0 Å². The zero-order valence-electron chi connectivity index (χ0n) is 28.8. The monoisotopic (exact) mass is 685 g/mol. The van der Waals surface area contributed by atoms with Gasteiger partial charge in [0.15, 0.2) is 23.2 Å². The summed E-state index contributed by atoms with van der Waals surface area (Å²) in [5, 5.41) is 17.9. The number of hydrogen-bond acceptors (Lipinski definition) is 6. The average Bonchev–Trinajstić information content (AvgIpc) is 3.69. The van der Waals surface area contributed by atoms with E-state index in [-0.39, 0.29) is 29.5 Å². The Morgan fingerprint density at radius 2 is 1.84 bits per heavy atom. The molecule has 2 unspecified atom stereocenters. The number of nitrogens with one attached hydrogen (secondary N) is 2. The van der Waals surface area contributed by atoms with Crippen LogP contribution in [-0.2, 0) is 35.0 Å². The van der Waals surface area contributed by atoms with Gasteiger partial charge in [0.2, 0.25) is 0 Å². The standard InChI is InChI=1S/C38H41F2N5O5/c1-22(34(46)47)17-23-9-8-10-24(18-23)38(4)15-7-6-14-37(2,3)43-36(48)49-21-28-26-13-16-41-31(26)20-30(40)32(28)50-25-11-12-29(39)27(19-25)33-42-35(38)44-45(33)5/h8-13,16,18-20,22,41H,6-7,14-15,17,21H2,1-5H3,(H,43,48)(H,46,47). The molecule has 10 nitrogen and oxygen atoms in total. The third-order valence-corrected chi connectivity index (χ3v) is 9.57.